The number of aryl methyl sites for hydroxylation is 1. The van der Waals surface area contributed by atoms with E-state index in [1.165, 1.54) is 19.3 Å². The Kier molecular flexibility index (Phi) is 5.73. The third-order valence-electron chi connectivity index (χ3n) is 6.22. The molecule has 0 saturated carbocycles. The van der Waals surface area contributed by atoms with Gasteiger partial charge in [-0.05, 0) is 38.3 Å². The highest BCUT2D eigenvalue weighted by Gasteiger charge is 2.29. The van der Waals surface area contributed by atoms with Gasteiger partial charge in [0.2, 0.25) is 10.0 Å². The van der Waals surface area contributed by atoms with Gasteiger partial charge in [-0.3, -0.25) is 0 Å². The van der Waals surface area contributed by atoms with Crippen molar-refractivity contribution in [2.75, 3.05) is 49.1 Å². The van der Waals surface area contributed by atoms with Crippen LogP contribution in [0.2, 0.25) is 0 Å². The van der Waals surface area contributed by atoms with Crippen molar-refractivity contribution >= 4 is 32.6 Å². The van der Waals surface area contributed by atoms with Crippen LogP contribution in [0, 0.1) is 6.92 Å². The maximum absolute atomic E-state index is 13.0. The number of benzene rings is 1. The highest BCUT2D eigenvalue weighted by molar-refractivity contribution is 7.88. The molecule has 2 saturated heterocycles. The van der Waals surface area contributed by atoms with E-state index in [2.05, 4.69) is 24.9 Å². The van der Waals surface area contributed by atoms with Gasteiger partial charge in [0.1, 0.15) is 28.9 Å². The normalized spacial score (nSPS) is 18.4. The molecule has 0 amide bonds. The SMILES string of the molecule is Cc1nc(N2CCCCC2)cc(N2CCN(S(=O)(=O)Cc3noc4ccccc34)CC2)n1. The summed E-state index contributed by atoms with van der Waals surface area (Å²) in [6.07, 6.45) is 3.65. The smallest absolute Gasteiger partial charge is 0.220 e. The lowest BCUT2D eigenvalue weighted by atomic mass is 10.1. The van der Waals surface area contributed by atoms with Gasteiger partial charge in [-0.25, -0.2) is 18.4 Å². The molecular formula is C22H28N6O3S. The molecular weight excluding hydrogens is 428 g/mol. The minimum atomic E-state index is -3.49. The zero-order chi connectivity index (χ0) is 22.1. The summed E-state index contributed by atoms with van der Waals surface area (Å²) >= 11 is 0. The first kappa shape index (κ1) is 21.1. The van der Waals surface area contributed by atoms with Crippen LogP contribution in [0.15, 0.2) is 34.9 Å². The molecule has 2 aromatic heterocycles. The van der Waals surface area contributed by atoms with E-state index in [0.717, 1.165) is 35.9 Å². The van der Waals surface area contributed by atoms with Crippen molar-refractivity contribution in [3.05, 3.63) is 41.9 Å². The third-order valence-corrected chi connectivity index (χ3v) is 8.01. The van der Waals surface area contributed by atoms with E-state index in [4.69, 9.17) is 4.52 Å². The average molecular weight is 457 g/mol. The number of sulfonamides is 1. The second-order valence-electron chi connectivity index (χ2n) is 8.45. The van der Waals surface area contributed by atoms with Crippen LogP contribution >= 0.6 is 0 Å². The summed E-state index contributed by atoms with van der Waals surface area (Å²) in [4.78, 5) is 13.7. The largest absolute Gasteiger partial charge is 0.356 e. The standard InChI is InChI=1S/C22H28N6O3S/c1-17-23-21(26-9-5-2-6-10-26)15-22(24-17)27-11-13-28(14-12-27)32(29,30)16-19-18-7-3-4-8-20(18)31-25-19/h3-4,7-8,15H,2,5-6,9-14,16H2,1H3. The maximum atomic E-state index is 13.0. The Morgan fingerprint density at radius 3 is 2.28 bits per heavy atom. The fraction of sp³-hybridized carbons (Fsp3) is 0.500. The van der Waals surface area contributed by atoms with Crippen LogP contribution in [0.4, 0.5) is 11.6 Å². The predicted octanol–water partition coefficient (Wildman–Crippen LogP) is 2.57. The van der Waals surface area contributed by atoms with E-state index in [1.54, 1.807) is 10.4 Å². The summed E-state index contributed by atoms with van der Waals surface area (Å²) < 4.78 is 32.9. The third kappa shape index (κ3) is 4.29. The van der Waals surface area contributed by atoms with Crippen LogP contribution in [0.25, 0.3) is 11.0 Å². The Balaban J connectivity index is 1.27. The van der Waals surface area contributed by atoms with Gasteiger partial charge in [0.25, 0.3) is 0 Å². The molecule has 2 fully saturated rings. The molecule has 0 atom stereocenters. The monoisotopic (exact) mass is 456 g/mol. The van der Waals surface area contributed by atoms with E-state index < -0.39 is 10.0 Å². The Hall–Kier alpha value is -2.72. The number of rotatable bonds is 5. The molecule has 0 unspecified atom stereocenters. The van der Waals surface area contributed by atoms with Crippen molar-refractivity contribution in [2.24, 2.45) is 0 Å². The lowest BCUT2D eigenvalue weighted by Crippen LogP contribution is -2.49. The van der Waals surface area contributed by atoms with Gasteiger partial charge in [0.05, 0.1) is 0 Å². The van der Waals surface area contributed by atoms with Gasteiger partial charge in [-0.15, -0.1) is 0 Å². The maximum Gasteiger partial charge on any atom is 0.220 e. The average Bonchev–Trinajstić information content (AvgIpc) is 3.21. The topological polar surface area (TPSA) is 95.7 Å². The number of aromatic nitrogens is 3. The van der Waals surface area contributed by atoms with Crippen molar-refractivity contribution < 1.29 is 12.9 Å². The molecule has 0 radical (unpaired) electrons. The summed E-state index contributed by atoms with van der Waals surface area (Å²) in [5, 5.41) is 4.74. The molecule has 0 N–H and O–H groups in total. The summed E-state index contributed by atoms with van der Waals surface area (Å²) in [5.41, 5.74) is 1.06. The Morgan fingerprint density at radius 1 is 0.906 bits per heavy atom. The molecule has 170 valence electrons. The first-order valence-corrected chi connectivity index (χ1v) is 12.8. The van der Waals surface area contributed by atoms with Gasteiger partial charge >= 0.3 is 0 Å². The number of para-hydroxylation sites is 1. The van der Waals surface area contributed by atoms with Crippen molar-refractivity contribution in [3.8, 4) is 0 Å². The molecule has 0 bridgehead atoms. The van der Waals surface area contributed by atoms with Gasteiger partial charge in [-0.1, -0.05) is 17.3 Å². The molecule has 32 heavy (non-hydrogen) atoms. The summed E-state index contributed by atoms with van der Waals surface area (Å²) in [7, 11) is -3.49. The molecule has 3 aromatic rings. The molecule has 2 aliphatic rings. The van der Waals surface area contributed by atoms with Crippen molar-refractivity contribution in [2.45, 2.75) is 31.9 Å². The van der Waals surface area contributed by atoms with Gasteiger partial charge < -0.3 is 14.3 Å². The zero-order valence-corrected chi connectivity index (χ0v) is 19.1. The molecule has 0 spiro atoms. The number of hydrogen-bond acceptors (Lipinski definition) is 8. The van der Waals surface area contributed by atoms with E-state index in [-0.39, 0.29) is 5.75 Å². The van der Waals surface area contributed by atoms with Crippen LogP contribution in [0.3, 0.4) is 0 Å². The van der Waals surface area contributed by atoms with Crippen LogP contribution in [0.5, 0.6) is 0 Å². The summed E-state index contributed by atoms with van der Waals surface area (Å²) in [5.74, 6) is 2.43. The fourth-order valence-corrected chi connectivity index (χ4v) is 5.94. The zero-order valence-electron chi connectivity index (χ0n) is 18.3. The molecule has 1 aromatic carbocycles. The second-order valence-corrected chi connectivity index (χ2v) is 10.4. The summed E-state index contributed by atoms with van der Waals surface area (Å²) in [6, 6.07) is 9.38. The molecule has 10 heteroatoms. The van der Waals surface area contributed by atoms with E-state index in [0.29, 0.717) is 37.5 Å². The fourth-order valence-electron chi connectivity index (χ4n) is 4.49. The van der Waals surface area contributed by atoms with E-state index in [9.17, 15) is 8.42 Å². The Morgan fingerprint density at radius 2 is 1.56 bits per heavy atom. The predicted molar refractivity (Wildman–Crippen MR) is 123 cm³/mol. The van der Waals surface area contributed by atoms with Crippen LogP contribution in [-0.4, -0.2) is 67.1 Å². The van der Waals surface area contributed by atoms with Gasteiger partial charge in [-0.2, -0.15) is 4.31 Å². The molecule has 4 heterocycles. The highest BCUT2D eigenvalue weighted by atomic mass is 32.2. The number of fused-ring (bicyclic) bond motifs is 1. The quantitative estimate of drug-likeness (QED) is 0.578. The number of anilines is 2. The van der Waals surface area contributed by atoms with Crippen LogP contribution in [-0.2, 0) is 15.8 Å². The van der Waals surface area contributed by atoms with Crippen molar-refractivity contribution in [1.29, 1.82) is 0 Å². The number of nitrogens with zero attached hydrogens (tertiary/aromatic N) is 6. The second kappa shape index (κ2) is 8.67. The van der Waals surface area contributed by atoms with E-state index >= 15 is 0 Å². The first-order chi connectivity index (χ1) is 15.5. The number of piperazine rings is 1. The van der Waals surface area contributed by atoms with Crippen molar-refractivity contribution in [3.63, 3.8) is 0 Å². The molecule has 9 nitrogen and oxygen atoms in total. The van der Waals surface area contributed by atoms with Crippen LogP contribution in [0.1, 0.15) is 30.8 Å². The number of piperidine rings is 1. The van der Waals surface area contributed by atoms with Crippen LogP contribution < -0.4 is 9.80 Å². The first-order valence-electron chi connectivity index (χ1n) is 11.2. The molecule has 5 rings (SSSR count). The van der Waals surface area contributed by atoms with Gasteiger partial charge in [0, 0.05) is 50.7 Å². The lowest BCUT2D eigenvalue weighted by Gasteiger charge is -2.35. The lowest BCUT2D eigenvalue weighted by molar-refractivity contribution is 0.381. The Labute approximate surface area is 188 Å². The highest BCUT2D eigenvalue weighted by Crippen LogP contribution is 2.25. The Bertz CT molecular complexity index is 1200. The minimum Gasteiger partial charge on any atom is -0.356 e. The molecule has 0 aliphatic carbocycles. The number of hydrogen-bond donors (Lipinski definition) is 0. The van der Waals surface area contributed by atoms with Gasteiger partial charge in [0.15, 0.2) is 5.58 Å². The summed E-state index contributed by atoms with van der Waals surface area (Å²) in [6.45, 7) is 5.99. The minimum absolute atomic E-state index is 0.157. The van der Waals surface area contributed by atoms with Crippen molar-refractivity contribution in [1.82, 2.24) is 19.4 Å². The van der Waals surface area contributed by atoms with E-state index in [1.807, 2.05) is 31.2 Å². The molecule has 2 aliphatic heterocycles.